The third-order valence-corrected chi connectivity index (χ3v) is 5.66. The number of likely N-dealkylation sites (N-methyl/N-ethyl adjacent to an activating group) is 1. The maximum absolute atomic E-state index is 13.0. The Kier molecular flexibility index (Phi) is 6.11. The number of allylic oxidation sites excluding steroid dienone is 1. The summed E-state index contributed by atoms with van der Waals surface area (Å²) in [5.74, 6) is 0.539. The fraction of sp³-hybridized carbons (Fsp3) is 0.409. The van der Waals surface area contributed by atoms with E-state index in [0.29, 0.717) is 31.0 Å². The summed E-state index contributed by atoms with van der Waals surface area (Å²) in [5.41, 5.74) is 9.01. The van der Waals surface area contributed by atoms with Crippen LogP contribution in [0, 0.1) is 0 Å². The first-order chi connectivity index (χ1) is 15.0. The second kappa shape index (κ2) is 9.11. The van der Waals surface area contributed by atoms with Crippen LogP contribution < -0.4 is 11.1 Å². The Morgan fingerprint density at radius 3 is 2.81 bits per heavy atom. The van der Waals surface area contributed by atoms with Gasteiger partial charge in [0.2, 0.25) is 5.82 Å². The van der Waals surface area contributed by atoms with E-state index in [2.05, 4.69) is 25.5 Å². The van der Waals surface area contributed by atoms with E-state index in [-0.39, 0.29) is 11.7 Å². The van der Waals surface area contributed by atoms with E-state index in [0.717, 1.165) is 42.5 Å². The Hall–Kier alpha value is -3.49. The standard InChI is InChI=1S/C22H27N7O2/c1-29-20(15-9-5-6-10-16(15)23)24-12-11-17(22(29)31)25-21(30)19-26-18(27-28-19)13-14-7-3-2-4-8-14/h2-4,7-8,17H,5-6,9-13,23H2,1H3,(H,25,30)(H,26,27,28). The van der Waals surface area contributed by atoms with Crippen molar-refractivity contribution in [2.24, 2.45) is 10.7 Å². The third-order valence-electron chi connectivity index (χ3n) is 5.66. The molecule has 162 valence electrons. The predicted molar refractivity (Wildman–Crippen MR) is 116 cm³/mol. The zero-order valence-corrected chi connectivity index (χ0v) is 17.6. The number of aliphatic imine (C=N–C) groups is 1. The third kappa shape index (κ3) is 4.65. The maximum atomic E-state index is 13.0. The van der Waals surface area contributed by atoms with Gasteiger partial charge in [0.25, 0.3) is 11.8 Å². The molecule has 4 rings (SSSR count). The van der Waals surface area contributed by atoms with Crippen LogP contribution in [0.5, 0.6) is 0 Å². The van der Waals surface area contributed by atoms with Crippen LogP contribution in [-0.4, -0.2) is 57.4 Å². The Labute approximate surface area is 180 Å². The number of nitrogens with two attached hydrogens (primary N) is 1. The van der Waals surface area contributed by atoms with Crippen molar-refractivity contribution >= 4 is 17.6 Å². The Morgan fingerprint density at radius 2 is 2.03 bits per heavy atom. The summed E-state index contributed by atoms with van der Waals surface area (Å²) in [6.07, 6.45) is 4.69. The molecular formula is C22H27N7O2. The summed E-state index contributed by atoms with van der Waals surface area (Å²) in [4.78, 5) is 36.1. The van der Waals surface area contributed by atoms with Crippen molar-refractivity contribution in [3.8, 4) is 0 Å². The highest BCUT2D eigenvalue weighted by Gasteiger charge is 2.32. The van der Waals surface area contributed by atoms with Crippen LogP contribution >= 0.6 is 0 Å². The van der Waals surface area contributed by atoms with E-state index in [1.54, 1.807) is 7.05 Å². The molecule has 1 unspecified atom stereocenters. The number of rotatable bonds is 5. The van der Waals surface area contributed by atoms with Crippen molar-refractivity contribution in [1.29, 1.82) is 0 Å². The largest absolute Gasteiger partial charge is 0.402 e. The number of hydrogen-bond acceptors (Lipinski definition) is 6. The van der Waals surface area contributed by atoms with E-state index in [1.165, 1.54) is 4.90 Å². The lowest BCUT2D eigenvalue weighted by molar-refractivity contribution is -0.128. The van der Waals surface area contributed by atoms with Gasteiger partial charge in [-0.3, -0.25) is 24.6 Å². The van der Waals surface area contributed by atoms with Crippen molar-refractivity contribution in [2.45, 2.75) is 44.6 Å². The number of aromatic amines is 1. The zero-order valence-electron chi connectivity index (χ0n) is 17.6. The minimum absolute atomic E-state index is 0.0195. The highest BCUT2D eigenvalue weighted by atomic mass is 16.2. The van der Waals surface area contributed by atoms with Gasteiger partial charge < -0.3 is 11.1 Å². The molecule has 1 aliphatic heterocycles. The van der Waals surface area contributed by atoms with Gasteiger partial charge in [-0.05, 0) is 37.7 Å². The van der Waals surface area contributed by atoms with Gasteiger partial charge in [-0.1, -0.05) is 30.3 Å². The topological polar surface area (TPSA) is 129 Å². The summed E-state index contributed by atoms with van der Waals surface area (Å²) in [5, 5.41) is 9.59. The minimum atomic E-state index is -0.694. The van der Waals surface area contributed by atoms with E-state index in [1.807, 2.05) is 30.3 Å². The predicted octanol–water partition coefficient (Wildman–Crippen LogP) is 1.54. The molecule has 0 saturated heterocycles. The van der Waals surface area contributed by atoms with Gasteiger partial charge in [0.1, 0.15) is 17.7 Å². The van der Waals surface area contributed by atoms with Gasteiger partial charge in [-0.25, -0.2) is 4.98 Å². The molecular weight excluding hydrogens is 394 g/mol. The molecule has 2 heterocycles. The maximum Gasteiger partial charge on any atom is 0.291 e. The van der Waals surface area contributed by atoms with Gasteiger partial charge in [0.05, 0.1) is 0 Å². The van der Waals surface area contributed by atoms with Gasteiger partial charge in [-0.2, -0.15) is 0 Å². The first-order valence-electron chi connectivity index (χ1n) is 10.6. The number of benzene rings is 1. The summed E-state index contributed by atoms with van der Waals surface area (Å²) in [7, 11) is 1.69. The second-order valence-electron chi connectivity index (χ2n) is 7.90. The molecule has 1 atom stereocenters. The highest BCUT2D eigenvalue weighted by Crippen LogP contribution is 2.25. The van der Waals surface area contributed by atoms with E-state index in [9.17, 15) is 9.59 Å². The molecule has 31 heavy (non-hydrogen) atoms. The van der Waals surface area contributed by atoms with Crippen molar-refractivity contribution in [2.75, 3.05) is 13.6 Å². The summed E-state index contributed by atoms with van der Waals surface area (Å²) < 4.78 is 0. The summed E-state index contributed by atoms with van der Waals surface area (Å²) in [6, 6.07) is 9.10. The highest BCUT2D eigenvalue weighted by molar-refractivity contribution is 6.10. The molecule has 9 heteroatoms. The lowest BCUT2D eigenvalue weighted by Gasteiger charge is -2.26. The van der Waals surface area contributed by atoms with Crippen LogP contribution in [0.2, 0.25) is 0 Å². The molecule has 0 fully saturated rings. The molecule has 2 aliphatic rings. The van der Waals surface area contributed by atoms with E-state index >= 15 is 0 Å². The zero-order chi connectivity index (χ0) is 21.8. The smallest absolute Gasteiger partial charge is 0.291 e. The van der Waals surface area contributed by atoms with Gasteiger partial charge in [0.15, 0.2) is 0 Å². The number of amidine groups is 1. The molecule has 4 N–H and O–H groups in total. The van der Waals surface area contributed by atoms with Crippen LogP contribution in [0.1, 0.15) is 54.1 Å². The molecule has 9 nitrogen and oxygen atoms in total. The molecule has 0 bridgehead atoms. The van der Waals surface area contributed by atoms with Crippen LogP contribution in [0.25, 0.3) is 0 Å². The van der Waals surface area contributed by atoms with E-state index in [4.69, 9.17) is 5.73 Å². The lowest BCUT2D eigenvalue weighted by atomic mass is 9.95. The Balaban J connectivity index is 1.42. The molecule has 0 radical (unpaired) electrons. The van der Waals surface area contributed by atoms with Crippen molar-refractivity contribution in [3.05, 3.63) is 58.8 Å². The monoisotopic (exact) mass is 421 g/mol. The second-order valence-corrected chi connectivity index (χ2v) is 7.90. The van der Waals surface area contributed by atoms with Crippen LogP contribution in [0.15, 0.2) is 46.6 Å². The average molecular weight is 422 g/mol. The fourth-order valence-corrected chi connectivity index (χ4v) is 3.97. The summed E-state index contributed by atoms with van der Waals surface area (Å²) in [6.45, 7) is 0.431. The Morgan fingerprint density at radius 1 is 1.26 bits per heavy atom. The summed E-state index contributed by atoms with van der Waals surface area (Å²) >= 11 is 0. The Bertz CT molecular complexity index is 1030. The van der Waals surface area contributed by atoms with E-state index < -0.39 is 11.9 Å². The first kappa shape index (κ1) is 20.8. The lowest BCUT2D eigenvalue weighted by Crippen LogP contribution is -2.48. The van der Waals surface area contributed by atoms with Gasteiger partial charge in [-0.15, -0.1) is 5.10 Å². The van der Waals surface area contributed by atoms with Crippen LogP contribution in [0.3, 0.4) is 0 Å². The molecule has 1 aromatic heterocycles. The number of hydrogen-bond donors (Lipinski definition) is 3. The minimum Gasteiger partial charge on any atom is -0.402 e. The average Bonchev–Trinajstić information content (AvgIpc) is 3.20. The van der Waals surface area contributed by atoms with Gasteiger partial charge in [0, 0.05) is 31.3 Å². The number of H-pyrrole nitrogens is 1. The van der Waals surface area contributed by atoms with Crippen LogP contribution in [0.4, 0.5) is 0 Å². The number of nitrogens with zero attached hydrogens (tertiary/aromatic N) is 4. The van der Waals surface area contributed by atoms with Gasteiger partial charge >= 0.3 is 0 Å². The number of carbonyl (C=O) groups excluding carboxylic acids is 2. The molecule has 0 spiro atoms. The van der Waals surface area contributed by atoms with Crippen molar-refractivity contribution < 1.29 is 9.59 Å². The molecule has 1 aliphatic carbocycles. The van der Waals surface area contributed by atoms with Crippen molar-refractivity contribution in [3.63, 3.8) is 0 Å². The molecule has 2 aromatic rings. The molecule has 0 saturated carbocycles. The SMILES string of the molecule is CN1C(=O)C(NC(=O)c2n[nH]c(Cc3ccccc3)n2)CCN=C1C1=C(N)CCCC1. The number of carbonyl (C=O) groups is 2. The number of aromatic nitrogens is 3. The molecule has 1 aromatic carbocycles. The quantitative estimate of drug-likeness (QED) is 0.674. The fourth-order valence-electron chi connectivity index (χ4n) is 3.97. The van der Waals surface area contributed by atoms with Crippen molar-refractivity contribution in [1.82, 2.24) is 25.4 Å². The number of nitrogens with one attached hydrogen (secondary N) is 2. The normalized spacial score (nSPS) is 19.8. The molecule has 2 amide bonds. The first-order valence-corrected chi connectivity index (χ1v) is 10.6. The number of amides is 2. The van der Waals surface area contributed by atoms with Crippen LogP contribution in [-0.2, 0) is 11.2 Å².